The van der Waals surface area contributed by atoms with Gasteiger partial charge < -0.3 is 13.8 Å². The Morgan fingerprint density at radius 1 is 1.00 bits per heavy atom. The molecule has 23 heavy (non-hydrogen) atoms. The van der Waals surface area contributed by atoms with Crippen LogP contribution in [0.4, 0.5) is 0 Å². The summed E-state index contributed by atoms with van der Waals surface area (Å²) in [7, 11) is -4.55. The Morgan fingerprint density at radius 2 is 1.52 bits per heavy atom. The van der Waals surface area contributed by atoms with Crippen LogP contribution in [0, 0.1) is 0 Å². The highest BCUT2D eigenvalue weighted by Gasteiger charge is 2.21. The van der Waals surface area contributed by atoms with E-state index in [9.17, 15) is 4.79 Å². The van der Waals surface area contributed by atoms with Gasteiger partial charge in [-0.3, -0.25) is 4.79 Å². The molecule has 0 saturated heterocycles. The molecule has 1 aromatic carbocycles. The van der Waals surface area contributed by atoms with Crippen molar-refractivity contribution in [1.82, 2.24) is 4.98 Å². The largest absolute Gasteiger partial charge is 0.544 e. The van der Waals surface area contributed by atoms with Gasteiger partial charge in [-0.15, -0.1) is 0 Å². The van der Waals surface area contributed by atoms with Crippen molar-refractivity contribution in [3.8, 4) is 11.5 Å². The van der Waals surface area contributed by atoms with Crippen LogP contribution in [0.15, 0.2) is 36.4 Å². The molecule has 0 fully saturated rings. The molecular formula is C17H25NO3Si2. The van der Waals surface area contributed by atoms with Crippen LogP contribution < -0.4 is 8.85 Å². The summed E-state index contributed by atoms with van der Waals surface area (Å²) < 4.78 is 60.4. The number of hydrogen-bond acceptors (Lipinski definition) is 3. The zero-order valence-electron chi connectivity index (χ0n) is 20.2. The van der Waals surface area contributed by atoms with Gasteiger partial charge >= 0.3 is 0 Å². The predicted octanol–water partition coefficient (Wildman–Crippen LogP) is 4.67. The molecule has 124 valence electrons. The Labute approximate surface area is 148 Å². The van der Waals surface area contributed by atoms with Gasteiger partial charge in [-0.2, -0.15) is 0 Å². The molecule has 0 aliphatic rings. The Kier molecular flexibility index (Phi) is 3.01. The van der Waals surface area contributed by atoms with Gasteiger partial charge in [-0.05, 0) is 63.5 Å². The van der Waals surface area contributed by atoms with Crippen LogP contribution in [-0.2, 0) is 0 Å². The molecule has 0 atom stereocenters. The number of ketones is 1. The van der Waals surface area contributed by atoms with Crippen molar-refractivity contribution in [2.24, 2.45) is 0 Å². The first kappa shape index (κ1) is 10.9. The first-order chi connectivity index (χ1) is 13.0. The van der Waals surface area contributed by atoms with E-state index in [1.165, 1.54) is 0 Å². The van der Waals surface area contributed by atoms with Crippen LogP contribution in [0.1, 0.15) is 24.3 Å². The molecule has 0 saturated carbocycles. The molecule has 0 aliphatic carbocycles. The van der Waals surface area contributed by atoms with E-state index in [-0.39, 0.29) is 28.8 Å². The average molecular weight is 354 g/mol. The highest BCUT2D eigenvalue weighted by atomic mass is 28.4. The molecule has 4 nitrogen and oxygen atoms in total. The van der Waals surface area contributed by atoms with Gasteiger partial charge in [0.1, 0.15) is 11.5 Å². The zero-order chi connectivity index (χ0) is 22.5. The minimum Gasteiger partial charge on any atom is -0.544 e. The van der Waals surface area contributed by atoms with Gasteiger partial charge in [-0.25, -0.2) is 0 Å². The molecule has 0 amide bonds. The number of rotatable bonds is 6. The maximum atomic E-state index is 13.1. The number of aromatic amines is 1. The average Bonchev–Trinajstić information content (AvgIpc) is 2.81. The van der Waals surface area contributed by atoms with Crippen LogP contribution in [0.25, 0.3) is 0 Å². The molecule has 2 rings (SSSR count). The highest BCUT2D eigenvalue weighted by Crippen LogP contribution is 2.28. The molecule has 1 heterocycles. The third kappa shape index (κ3) is 5.40. The summed E-state index contributed by atoms with van der Waals surface area (Å²) in [5.41, 5.74) is -0.727. The maximum absolute atomic E-state index is 13.1. The van der Waals surface area contributed by atoms with Crippen LogP contribution >= 0.6 is 0 Å². The number of nitrogens with one attached hydrogen (secondary N) is 1. The molecule has 0 bridgehead atoms. The topological polar surface area (TPSA) is 51.3 Å². The lowest BCUT2D eigenvalue weighted by Gasteiger charge is -2.23. The van der Waals surface area contributed by atoms with Gasteiger partial charge in [0.25, 0.3) is 0 Å². The van der Waals surface area contributed by atoms with Gasteiger partial charge in [0, 0.05) is 17.8 Å². The van der Waals surface area contributed by atoms with Gasteiger partial charge in [0.2, 0.25) is 22.4 Å². The molecule has 0 spiro atoms. The lowest BCUT2D eigenvalue weighted by Crippen LogP contribution is -2.30. The molecule has 0 radical (unpaired) electrons. The summed E-state index contributed by atoms with van der Waals surface area (Å²) in [6.07, 6.45) is -0.398. The number of benzene rings is 1. The van der Waals surface area contributed by atoms with Gasteiger partial charge in [0.05, 0.1) is 13.9 Å². The van der Waals surface area contributed by atoms with Crippen molar-refractivity contribution in [2.45, 2.75) is 39.3 Å². The smallest absolute Gasteiger partial charge is 0.242 e. The third-order valence-electron chi connectivity index (χ3n) is 2.41. The molecule has 1 N–H and O–H groups in total. The SMILES string of the molecule is [2H]c1[nH]c(C(=O)c2c([2H])c(O[Si](C)(C)C)c([2H])c(O[Si](C)(C)C)c2[2H])c([2H])c1[2H]. The molecule has 0 unspecified atom stereocenters. The summed E-state index contributed by atoms with van der Waals surface area (Å²) >= 11 is 0. The highest BCUT2D eigenvalue weighted by molar-refractivity contribution is 6.70. The van der Waals surface area contributed by atoms with Gasteiger partial charge in [0.15, 0.2) is 0 Å². The lowest BCUT2D eigenvalue weighted by atomic mass is 10.1. The number of H-pyrrole nitrogens is 1. The van der Waals surface area contributed by atoms with E-state index < -0.39 is 52.8 Å². The Bertz CT molecular complexity index is 936. The Morgan fingerprint density at radius 3 is 1.91 bits per heavy atom. The second-order valence-electron chi connectivity index (χ2n) is 7.04. The second kappa shape index (κ2) is 6.37. The lowest BCUT2D eigenvalue weighted by molar-refractivity contribution is 0.103. The fourth-order valence-electron chi connectivity index (χ4n) is 1.71. The van der Waals surface area contributed by atoms with Crippen molar-refractivity contribution >= 4 is 22.4 Å². The summed E-state index contributed by atoms with van der Waals surface area (Å²) in [5.74, 6) is -1.14. The monoisotopic (exact) mass is 353 g/mol. The van der Waals surface area contributed by atoms with E-state index in [1.54, 1.807) is 0 Å². The van der Waals surface area contributed by atoms with Crippen LogP contribution in [0.5, 0.6) is 11.5 Å². The minimum atomic E-state index is -2.27. The summed E-state index contributed by atoms with van der Waals surface area (Å²) in [5, 5.41) is 0. The number of carbonyl (C=O) groups excluding carboxylic acids is 1. The summed E-state index contributed by atoms with van der Waals surface area (Å²) in [4.78, 5) is 15.5. The molecule has 0 aliphatic heterocycles. The molecular weight excluding hydrogens is 322 g/mol. The van der Waals surface area contributed by atoms with Crippen molar-refractivity contribution in [3.63, 3.8) is 0 Å². The van der Waals surface area contributed by atoms with E-state index >= 15 is 0 Å². The Hall–Kier alpha value is -1.80. The van der Waals surface area contributed by atoms with Crippen LogP contribution in [0.3, 0.4) is 0 Å². The molecule has 1 aromatic heterocycles. The van der Waals surface area contributed by atoms with Crippen molar-refractivity contribution < 1.29 is 21.9 Å². The fraction of sp³-hybridized carbons (Fsp3) is 0.353. The van der Waals surface area contributed by atoms with E-state index in [1.807, 2.05) is 39.3 Å². The molecule has 6 heteroatoms. The summed E-state index contributed by atoms with van der Waals surface area (Å²) in [6.45, 7) is 11.2. The fourth-order valence-corrected chi connectivity index (χ4v) is 3.14. The van der Waals surface area contributed by atoms with E-state index in [2.05, 4.69) is 4.98 Å². The second-order valence-corrected chi connectivity index (χ2v) is 15.9. The normalized spacial score (nSPS) is 15.7. The van der Waals surface area contributed by atoms with Crippen molar-refractivity contribution in [3.05, 3.63) is 47.6 Å². The minimum absolute atomic E-state index is 0.132. The van der Waals surface area contributed by atoms with Crippen LogP contribution in [-0.4, -0.2) is 27.4 Å². The molecule has 2 aromatic rings. The third-order valence-corrected chi connectivity index (χ3v) is 4.05. The van der Waals surface area contributed by atoms with E-state index in [0.717, 1.165) is 0 Å². The van der Waals surface area contributed by atoms with E-state index in [0.29, 0.717) is 0 Å². The first-order valence-electron chi connectivity index (χ1n) is 10.3. The van der Waals surface area contributed by atoms with Crippen LogP contribution in [0.2, 0.25) is 39.3 Å². The standard InChI is InChI=1S/C17H25NO3Si2/c1-22(2,3)20-14-10-13(17(19)16-8-7-9-18-16)11-15(12-14)21-23(4,5)6/h7-12,18H,1-6H3/i7D,8D,9D,10D,11D,12D. The van der Waals surface area contributed by atoms with Crippen molar-refractivity contribution in [2.75, 3.05) is 0 Å². The maximum Gasteiger partial charge on any atom is 0.242 e. The summed E-state index contributed by atoms with van der Waals surface area (Å²) in [6, 6.07) is -2.03. The quantitative estimate of drug-likeness (QED) is 0.606. The number of carbonyl (C=O) groups is 1. The number of aromatic nitrogens is 1. The predicted molar refractivity (Wildman–Crippen MR) is 98.6 cm³/mol. The van der Waals surface area contributed by atoms with Gasteiger partial charge in [-0.1, -0.05) is 0 Å². The number of hydrogen-bond donors (Lipinski definition) is 1. The van der Waals surface area contributed by atoms with E-state index in [4.69, 9.17) is 17.1 Å². The first-order valence-corrected chi connectivity index (χ1v) is 14.1. The zero-order valence-corrected chi connectivity index (χ0v) is 16.2. The van der Waals surface area contributed by atoms with Crippen molar-refractivity contribution in [1.29, 1.82) is 0 Å². The Balaban J connectivity index is 2.82.